The van der Waals surface area contributed by atoms with Crippen molar-refractivity contribution in [3.63, 3.8) is 0 Å². The van der Waals surface area contributed by atoms with Gasteiger partial charge in [0.25, 0.3) is 0 Å². The maximum atomic E-state index is 12.7. The monoisotopic (exact) mass is 456 g/mol. The van der Waals surface area contributed by atoms with Crippen molar-refractivity contribution in [3.8, 4) is 0 Å². The fourth-order valence-corrected chi connectivity index (χ4v) is 3.21. The topological polar surface area (TPSA) is 151 Å². The van der Waals surface area contributed by atoms with E-state index in [1.54, 1.807) is 36.0 Å². The van der Waals surface area contributed by atoms with Crippen molar-refractivity contribution in [1.82, 2.24) is 16.0 Å². The lowest BCUT2D eigenvalue weighted by atomic mass is 10.0. The molecule has 1 aromatic carbocycles. The Bertz CT molecular complexity index is 720. The summed E-state index contributed by atoms with van der Waals surface area (Å²) in [6, 6.07) is 6.18. The van der Waals surface area contributed by atoms with Crippen molar-refractivity contribution in [2.75, 3.05) is 24.3 Å². The van der Waals surface area contributed by atoms with Crippen LogP contribution in [0.4, 0.5) is 0 Å². The molecule has 0 saturated carbocycles. The molecule has 166 valence electrons. The molecule has 1 rings (SSSR count). The van der Waals surface area contributed by atoms with Crippen LogP contribution in [0.2, 0.25) is 0 Å². The number of carboxylic acid groups (broad SMARTS) is 1. The maximum absolute atomic E-state index is 12.7. The number of hydrogen-bond acceptors (Lipinski definition) is 7. The van der Waals surface area contributed by atoms with Gasteiger partial charge in [-0.25, -0.2) is 0 Å². The summed E-state index contributed by atoms with van der Waals surface area (Å²) >= 11 is 5.67. The third-order valence-corrected chi connectivity index (χ3v) is 5.12. The number of amides is 3. The lowest BCUT2D eigenvalue weighted by Crippen LogP contribution is -2.57. The molecule has 0 aliphatic rings. The first-order valence-electron chi connectivity index (χ1n) is 9.28. The summed E-state index contributed by atoms with van der Waals surface area (Å²) in [6.45, 7) is -0.572. The van der Waals surface area contributed by atoms with Crippen LogP contribution in [0.5, 0.6) is 0 Å². The molecule has 0 aliphatic heterocycles. The Morgan fingerprint density at radius 2 is 1.70 bits per heavy atom. The third kappa shape index (κ3) is 9.51. The van der Waals surface area contributed by atoms with Crippen LogP contribution in [-0.4, -0.2) is 71.2 Å². The number of carbonyl (C=O) groups is 4. The highest BCUT2D eigenvalue weighted by Crippen LogP contribution is 2.05. The van der Waals surface area contributed by atoms with E-state index in [-0.39, 0.29) is 12.2 Å². The average molecular weight is 457 g/mol. The van der Waals surface area contributed by atoms with Crippen LogP contribution in [0, 0.1) is 0 Å². The fraction of sp³-hybridized carbons (Fsp3) is 0.474. The first-order valence-corrected chi connectivity index (χ1v) is 11.3. The number of nitrogens with one attached hydrogen (secondary N) is 3. The Hall–Kier alpha value is -2.24. The summed E-state index contributed by atoms with van der Waals surface area (Å²) < 4.78 is 0. The maximum Gasteiger partial charge on any atom is 0.322 e. The number of hydrogen-bond donors (Lipinski definition) is 6. The molecule has 3 amide bonds. The van der Waals surface area contributed by atoms with E-state index in [2.05, 4.69) is 28.6 Å². The highest BCUT2D eigenvalue weighted by molar-refractivity contribution is 7.98. The summed E-state index contributed by atoms with van der Waals surface area (Å²) in [5, 5.41) is 16.2. The van der Waals surface area contributed by atoms with Gasteiger partial charge in [-0.1, -0.05) is 30.3 Å². The first-order chi connectivity index (χ1) is 14.3. The van der Waals surface area contributed by atoms with Gasteiger partial charge in [-0.2, -0.15) is 24.4 Å². The van der Waals surface area contributed by atoms with Gasteiger partial charge in [-0.05, 0) is 24.0 Å². The van der Waals surface area contributed by atoms with Crippen LogP contribution in [0.25, 0.3) is 0 Å². The van der Waals surface area contributed by atoms with E-state index in [1.807, 2.05) is 12.3 Å². The predicted molar refractivity (Wildman–Crippen MR) is 119 cm³/mol. The van der Waals surface area contributed by atoms with E-state index in [9.17, 15) is 19.2 Å². The number of nitrogens with two attached hydrogens (primary N) is 1. The standard InChI is InChI=1S/C19H28N4O5S2/c1-30-8-7-13(20)17(26)23-15(11-29)19(28)22-14(18(27)21-10-16(24)25)9-12-5-3-2-4-6-12/h2-6,13-15,29H,7-11,20H2,1H3,(H,21,27)(H,22,28)(H,23,26)(H,24,25). The largest absolute Gasteiger partial charge is 0.480 e. The van der Waals surface area contributed by atoms with E-state index in [4.69, 9.17) is 10.8 Å². The van der Waals surface area contributed by atoms with E-state index < -0.39 is 48.4 Å². The number of benzene rings is 1. The molecule has 0 radical (unpaired) electrons. The first kappa shape index (κ1) is 25.8. The Labute approximate surface area is 185 Å². The van der Waals surface area contributed by atoms with Crippen molar-refractivity contribution >= 4 is 48.1 Å². The molecule has 0 bridgehead atoms. The van der Waals surface area contributed by atoms with Gasteiger partial charge in [0.1, 0.15) is 18.6 Å². The number of rotatable bonds is 13. The lowest BCUT2D eigenvalue weighted by Gasteiger charge is -2.23. The number of thiol groups is 1. The lowest BCUT2D eigenvalue weighted by molar-refractivity contribution is -0.138. The Kier molecular flexibility index (Phi) is 11.9. The van der Waals surface area contributed by atoms with Crippen LogP contribution in [-0.2, 0) is 25.6 Å². The molecule has 3 unspecified atom stereocenters. The zero-order valence-corrected chi connectivity index (χ0v) is 18.4. The quantitative estimate of drug-likeness (QED) is 0.217. The highest BCUT2D eigenvalue weighted by atomic mass is 32.2. The predicted octanol–water partition coefficient (Wildman–Crippen LogP) is -0.590. The van der Waals surface area contributed by atoms with Crippen molar-refractivity contribution in [2.24, 2.45) is 5.73 Å². The molecular formula is C19H28N4O5S2. The zero-order chi connectivity index (χ0) is 22.5. The van der Waals surface area contributed by atoms with Crippen molar-refractivity contribution in [3.05, 3.63) is 35.9 Å². The van der Waals surface area contributed by atoms with Crippen molar-refractivity contribution in [2.45, 2.75) is 31.0 Å². The molecule has 0 aromatic heterocycles. The number of aliphatic carboxylic acids is 1. The average Bonchev–Trinajstić information content (AvgIpc) is 2.73. The molecule has 6 N–H and O–H groups in total. The molecule has 0 spiro atoms. The van der Waals surface area contributed by atoms with Crippen LogP contribution in [0.1, 0.15) is 12.0 Å². The molecule has 0 heterocycles. The van der Waals surface area contributed by atoms with E-state index in [0.29, 0.717) is 12.2 Å². The molecule has 0 fully saturated rings. The number of carbonyl (C=O) groups excluding carboxylic acids is 3. The fourth-order valence-electron chi connectivity index (χ4n) is 2.47. The molecule has 1 aromatic rings. The zero-order valence-electron chi connectivity index (χ0n) is 16.7. The molecule has 11 heteroatoms. The van der Waals surface area contributed by atoms with Gasteiger partial charge in [0.05, 0.1) is 6.04 Å². The summed E-state index contributed by atoms with van der Waals surface area (Å²) in [6.07, 6.45) is 2.51. The van der Waals surface area contributed by atoms with Gasteiger partial charge in [0.15, 0.2) is 0 Å². The number of carboxylic acids is 1. The van der Waals surface area contributed by atoms with E-state index >= 15 is 0 Å². The second-order valence-electron chi connectivity index (χ2n) is 6.49. The minimum Gasteiger partial charge on any atom is -0.480 e. The summed E-state index contributed by atoms with van der Waals surface area (Å²) in [4.78, 5) is 48.1. The summed E-state index contributed by atoms with van der Waals surface area (Å²) in [7, 11) is 0. The smallest absolute Gasteiger partial charge is 0.322 e. The normalized spacial score (nSPS) is 13.6. The van der Waals surface area contributed by atoms with Gasteiger partial charge in [0, 0.05) is 12.2 Å². The van der Waals surface area contributed by atoms with Gasteiger partial charge >= 0.3 is 5.97 Å². The van der Waals surface area contributed by atoms with Crippen LogP contribution in [0.15, 0.2) is 30.3 Å². The van der Waals surface area contributed by atoms with Gasteiger partial charge in [-0.15, -0.1) is 0 Å². The molecule has 0 saturated heterocycles. The Morgan fingerprint density at radius 3 is 2.27 bits per heavy atom. The van der Waals surface area contributed by atoms with Crippen LogP contribution < -0.4 is 21.7 Å². The van der Waals surface area contributed by atoms with Crippen molar-refractivity contribution < 1.29 is 24.3 Å². The van der Waals surface area contributed by atoms with Gasteiger partial charge in [-0.3, -0.25) is 19.2 Å². The van der Waals surface area contributed by atoms with Crippen LogP contribution in [0.3, 0.4) is 0 Å². The highest BCUT2D eigenvalue weighted by Gasteiger charge is 2.27. The van der Waals surface area contributed by atoms with Gasteiger partial charge in [0.2, 0.25) is 17.7 Å². The molecular weight excluding hydrogens is 428 g/mol. The third-order valence-electron chi connectivity index (χ3n) is 4.11. The van der Waals surface area contributed by atoms with Crippen molar-refractivity contribution in [1.29, 1.82) is 0 Å². The molecule has 30 heavy (non-hydrogen) atoms. The minimum absolute atomic E-state index is 0.00161. The molecule has 0 aliphatic carbocycles. The minimum atomic E-state index is -1.20. The number of thioether (sulfide) groups is 1. The van der Waals surface area contributed by atoms with E-state index in [0.717, 1.165) is 5.56 Å². The molecule has 9 nitrogen and oxygen atoms in total. The van der Waals surface area contributed by atoms with Gasteiger partial charge < -0.3 is 26.8 Å². The van der Waals surface area contributed by atoms with Crippen LogP contribution >= 0.6 is 24.4 Å². The summed E-state index contributed by atoms with van der Waals surface area (Å²) in [5.41, 5.74) is 6.60. The molecule has 3 atom stereocenters. The second-order valence-corrected chi connectivity index (χ2v) is 7.84. The Balaban J connectivity index is 2.82. The summed E-state index contributed by atoms with van der Waals surface area (Å²) in [5.74, 6) is -2.23. The second kappa shape index (κ2) is 13.9. The SMILES string of the molecule is CSCCC(N)C(=O)NC(CS)C(=O)NC(Cc1ccccc1)C(=O)NCC(=O)O. The van der Waals surface area contributed by atoms with E-state index in [1.165, 1.54) is 0 Å². The Morgan fingerprint density at radius 1 is 1.07 bits per heavy atom.